The summed E-state index contributed by atoms with van der Waals surface area (Å²) in [5, 5.41) is 4.98. The molecule has 0 atom stereocenters. The van der Waals surface area contributed by atoms with E-state index in [2.05, 4.69) is 26.0 Å². The van der Waals surface area contributed by atoms with Gasteiger partial charge in [-0.25, -0.2) is 4.98 Å². The number of benzene rings is 1. The highest BCUT2D eigenvalue weighted by Crippen LogP contribution is 2.26. The van der Waals surface area contributed by atoms with E-state index in [9.17, 15) is 4.79 Å². The molecule has 0 unspecified atom stereocenters. The molecule has 2 heterocycles. The first-order valence-corrected chi connectivity index (χ1v) is 8.37. The monoisotopic (exact) mass is 375 g/mol. The Morgan fingerprint density at radius 1 is 1.23 bits per heavy atom. The van der Waals surface area contributed by atoms with E-state index in [-0.39, 0.29) is 5.56 Å². The van der Waals surface area contributed by atoms with Crippen molar-refractivity contribution < 1.29 is 0 Å². The second kappa shape index (κ2) is 5.78. The van der Waals surface area contributed by atoms with Crippen LogP contribution in [0.15, 0.2) is 38.6 Å². The molecule has 0 fully saturated rings. The van der Waals surface area contributed by atoms with Gasteiger partial charge in [0.05, 0.1) is 11.6 Å². The number of fused-ring (bicyclic) bond motifs is 1. The summed E-state index contributed by atoms with van der Waals surface area (Å²) in [7, 11) is 0. The smallest absolute Gasteiger partial charge is 0.267 e. The zero-order valence-electron chi connectivity index (χ0n) is 12.4. The maximum atomic E-state index is 12.7. The van der Waals surface area contributed by atoms with Crippen molar-refractivity contribution in [2.75, 3.05) is 0 Å². The first-order valence-electron chi connectivity index (χ1n) is 6.76. The fourth-order valence-corrected chi connectivity index (χ4v) is 3.53. The van der Waals surface area contributed by atoms with Crippen molar-refractivity contribution in [3.05, 3.63) is 60.9 Å². The van der Waals surface area contributed by atoms with E-state index in [1.165, 1.54) is 4.68 Å². The summed E-state index contributed by atoms with van der Waals surface area (Å²) < 4.78 is 2.37. The number of aryl methyl sites for hydroxylation is 3. The van der Waals surface area contributed by atoms with Crippen LogP contribution < -0.4 is 5.56 Å². The molecule has 0 amide bonds. The van der Waals surface area contributed by atoms with Crippen LogP contribution in [0.5, 0.6) is 0 Å². The van der Waals surface area contributed by atoms with E-state index in [1.807, 2.05) is 38.1 Å². The Hall–Kier alpha value is -1.79. The molecule has 0 spiro atoms. The molecule has 3 rings (SSSR count). The zero-order valence-corrected chi connectivity index (χ0v) is 14.8. The van der Waals surface area contributed by atoms with Crippen molar-refractivity contribution in [1.29, 1.82) is 0 Å². The highest BCUT2D eigenvalue weighted by molar-refractivity contribution is 9.10. The predicted octanol–water partition coefficient (Wildman–Crippen LogP) is 4.03. The zero-order chi connectivity index (χ0) is 15.9. The summed E-state index contributed by atoms with van der Waals surface area (Å²) in [6, 6.07) is 7.73. The Balaban J connectivity index is 2.12. The first kappa shape index (κ1) is 15.1. The van der Waals surface area contributed by atoms with E-state index in [1.54, 1.807) is 24.5 Å². The maximum absolute atomic E-state index is 12.7. The number of aromatic nitrogens is 2. The number of thiophene rings is 1. The minimum absolute atomic E-state index is 0.113. The number of halogens is 1. The van der Waals surface area contributed by atoms with Gasteiger partial charge in [0.2, 0.25) is 0 Å². The lowest BCUT2D eigenvalue weighted by Crippen LogP contribution is -2.20. The van der Waals surface area contributed by atoms with Gasteiger partial charge in [-0.2, -0.15) is 9.78 Å². The standard InChI is InChI=1S/C16H14BrN3OS/c1-9-10(2)22-15-14(9)16(21)20(11(3)19-15)18-8-12-4-6-13(17)7-5-12/h4-8H,1-3H3. The third kappa shape index (κ3) is 2.64. The average molecular weight is 376 g/mol. The van der Waals surface area contributed by atoms with Crippen molar-refractivity contribution in [2.24, 2.45) is 5.10 Å². The third-order valence-electron chi connectivity index (χ3n) is 3.54. The lowest BCUT2D eigenvalue weighted by molar-refractivity contribution is 0.772. The molecular weight excluding hydrogens is 362 g/mol. The van der Waals surface area contributed by atoms with Crippen LogP contribution in [0.25, 0.3) is 10.2 Å². The molecule has 0 radical (unpaired) electrons. The molecule has 2 aromatic heterocycles. The number of nitrogens with zero attached hydrogens (tertiary/aromatic N) is 3. The van der Waals surface area contributed by atoms with Gasteiger partial charge in [0, 0.05) is 9.35 Å². The van der Waals surface area contributed by atoms with E-state index in [4.69, 9.17) is 0 Å². The van der Waals surface area contributed by atoms with E-state index < -0.39 is 0 Å². The van der Waals surface area contributed by atoms with Gasteiger partial charge >= 0.3 is 0 Å². The van der Waals surface area contributed by atoms with Gasteiger partial charge in [0.15, 0.2) is 0 Å². The summed E-state index contributed by atoms with van der Waals surface area (Å²) in [6.07, 6.45) is 1.67. The Bertz CT molecular complexity index is 939. The molecule has 0 aliphatic heterocycles. The summed E-state index contributed by atoms with van der Waals surface area (Å²) in [4.78, 5) is 19.1. The summed E-state index contributed by atoms with van der Waals surface area (Å²) in [6.45, 7) is 5.76. The van der Waals surface area contributed by atoms with Crippen molar-refractivity contribution in [2.45, 2.75) is 20.8 Å². The van der Waals surface area contributed by atoms with Crippen molar-refractivity contribution in [1.82, 2.24) is 9.66 Å². The summed E-state index contributed by atoms with van der Waals surface area (Å²) in [5.41, 5.74) is 1.80. The Morgan fingerprint density at radius 2 is 1.91 bits per heavy atom. The summed E-state index contributed by atoms with van der Waals surface area (Å²) in [5.74, 6) is 0.590. The molecule has 0 saturated carbocycles. The molecule has 3 aromatic rings. The fraction of sp³-hybridized carbons (Fsp3) is 0.188. The largest absolute Gasteiger partial charge is 0.283 e. The normalized spacial score (nSPS) is 11.6. The molecule has 112 valence electrons. The molecule has 1 aromatic carbocycles. The lowest BCUT2D eigenvalue weighted by Gasteiger charge is -2.03. The van der Waals surface area contributed by atoms with Gasteiger partial charge in [-0.3, -0.25) is 4.79 Å². The Labute approximate surface area is 140 Å². The molecule has 4 nitrogen and oxygen atoms in total. The van der Waals surface area contributed by atoms with Crippen LogP contribution >= 0.6 is 27.3 Å². The lowest BCUT2D eigenvalue weighted by atomic mass is 10.2. The van der Waals surface area contributed by atoms with Crippen LogP contribution in [0, 0.1) is 20.8 Å². The van der Waals surface area contributed by atoms with Crippen molar-refractivity contribution >= 4 is 43.7 Å². The van der Waals surface area contributed by atoms with Gasteiger partial charge in [-0.15, -0.1) is 11.3 Å². The Kier molecular flexibility index (Phi) is 3.97. The molecule has 22 heavy (non-hydrogen) atoms. The third-order valence-corrected chi connectivity index (χ3v) is 5.16. The van der Waals surface area contributed by atoms with E-state index >= 15 is 0 Å². The quantitative estimate of drug-likeness (QED) is 0.634. The molecule has 0 bridgehead atoms. The number of rotatable bonds is 2. The second-order valence-corrected chi connectivity index (χ2v) is 7.15. The first-order chi connectivity index (χ1) is 10.5. The predicted molar refractivity (Wildman–Crippen MR) is 95.2 cm³/mol. The van der Waals surface area contributed by atoms with Crippen molar-refractivity contribution in [3.63, 3.8) is 0 Å². The van der Waals surface area contributed by atoms with E-state index in [0.29, 0.717) is 11.2 Å². The minimum atomic E-state index is -0.113. The van der Waals surface area contributed by atoms with Gasteiger partial charge in [0.25, 0.3) is 5.56 Å². The van der Waals surface area contributed by atoms with Crippen LogP contribution in [0.1, 0.15) is 21.8 Å². The van der Waals surface area contributed by atoms with Crippen LogP contribution in [0.3, 0.4) is 0 Å². The van der Waals surface area contributed by atoms with Gasteiger partial charge in [-0.05, 0) is 44.0 Å². The fourth-order valence-electron chi connectivity index (χ4n) is 2.20. The average Bonchev–Trinajstić information content (AvgIpc) is 2.75. The molecule has 0 aliphatic rings. The Morgan fingerprint density at radius 3 is 2.59 bits per heavy atom. The molecule has 0 N–H and O–H groups in total. The summed E-state index contributed by atoms with van der Waals surface area (Å²) >= 11 is 4.94. The highest BCUT2D eigenvalue weighted by Gasteiger charge is 2.13. The van der Waals surface area contributed by atoms with Crippen LogP contribution in [0.2, 0.25) is 0 Å². The SMILES string of the molecule is Cc1sc2nc(C)n(N=Cc3ccc(Br)cc3)c(=O)c2c1C. The molecular formula is C16H14BrN3OS. The van der Waals surface area contributed by atoms with Crippen LogP contribution in [-0.2, 0) is 0 Å². The maximum Gasteiger partial charge on any atom is 0.283 e. The number of hydrogen-bond donors (Lipinski definition) is 0. The van der Waals surface area contributed by atoms with Crippen molar-refractivity contribution in [3.8, 4) is 0 Å². The van der Waals surface area contributed by atoms with Crippen LogP contribution in [0.4, 0.5) is 0 Å². The minimum Gasteiger partial charge on any atom is -0.267 e. The topological polar surface area (TPSA) is 47.2 Å². The molecule has 0 saturated heterocycles. The second-order valence-electron chi connectivity index (χ2n) is 5.04. The van der Waals surface area contributed by atoms with Gasteiger partial charge in [-0.1, -0.05) is 28.1 Å². The van der Waals surface area contributed by atoms with Gasteiger partial charge < -0.3 is 0 Å². The highest BCUT2D eigenvalue weighted by atomic mass is 79.9. The number of hydrogen-bond acceptors (Lipinski definition) is 4. The van der Waals surface area contributed by atoms with E-state index in [0.717, 1.165) is 25.3 Å². The molecule has 6 heteroatoms. The molecule has 0 aliphatic carbocycles. The van der Waals surface area contributed by atoms with Crippen LogP contribution in [-0.4, -0.2) is 15.9 Å². The van der Waals surface area contributed by atoms with Gasteiger partial charge in [0.1, 0.15) is 10.7 Å².